The molecule has 0 saturated carbocycles. The Hall–Kier alpha value is -0.900. The first-order chi connectivity index (χ1) is 6.99. The summed E-state index contributed by atoms with van der Waals surface area (Å²) >= 11 is 0. The van der Waals surface area contributed by atoms with Gasteiger partial charge in [-0.15, -0.1) is 0 Å². The first kappa shape index (κ1) is 12.2. The Morgan fingerprint density at radius 1 is 1.40 bits per heavy atom. The molecule has 2 unspecified atom stereocenters. The fourth-order valence-electron chi connectivity index (χ4n) is 2.10. The molecule has 1 fully saturated rings. The maximum absolute atomic E-state index is 12.8. The molecule has 1 saturated heterocycles. The maximum atomic E-state index is 12.8. The largest absolute Gasteiger partial charge is 0.331 e. The second kappa shape index (κ2) is 4.75. The zero-order chi connectivity index (χ0) is 11.6. The Morgan fingerprint density at radius 3 is 2.47 bits per heavy atom. The van der Waals surface area contributed by atoms with Crippen molar-refractivity contribution in [2.45, 2.75) is 32.9 Å². The molecule has 1 aliphatic heterocycles. The zero-order valence-electron chi connectivity index (χ0n) is 9.66. The average molecular weight is 214 g/mol. The molecule has 15 heavy (non-hydrogen) atoms. The first-order valence-corrected chi connectivity index (χ1v) is 5.38. The first-order valence-electron chi connectivity index (χ1n) is 5.38. The maximum Gasteiger partial charge on any atom is 0.282 e. The third-order valence-electron chi connectivity index (χ3n) is 3.29. The standard InChI is InChI=1S/C11H19FN2O/c1-5-13-6-7-14(10(4)9(13)3)11(15)8(2)12/h9-10H,2,5-7H2,1,3-4H3. The van der Waals surface area contributed by atoms with Gasteiger partial charge in [0.05, 0.1) is 0 Å². The van der Waals surface area contributed by atoms with Crippen molar-refractivity contribution in [2.24, 2.45) is 0 Å². The van der Waals surface area contributed by atoms with Crippen molar-refractivity contribution in [1.29, 1.82) is 0 Å². The fraction of sp³-hybridized carbons (Fsp3) is 0.727. The van der Waals surface area contributed by atoms with E-state index in [1.807, 2.05) is 6.92 Å². The molecule has 2 atom stereocenters. The third kappa shape index (κ3) is 2.37. The van der Waals surface area contributed by atoms with Gasteiger partial charge >= 0.3 is 0 Å². The zero-order valence-corrected chi connectivity index (χ0v) is 9.66. The van der Waals surface area contributed by atoms with Crippen LogP contribution in [0.1, 0.15) is 20.8 Å². The van der Waals surface area contributed by atoms with Gasteiger partial charge in [-0.3, -0.25) is 9.69 Å². The van der Waals surface area contributed by atoms with Crippen molar-refractivity contribution in [1.82, 2.24) is 9.80 Å². The highest BCUT2D eigenvalue weighted by molar-refractivity contribution is 5.90. The van der Waals surface area contributed by atoms with E-state index >= 15 is 0 Å². The van der Waals surface area contributed by atoms with E-state index in [1.54, 1.807) is 4.90 Å². The molecule has 0 aliphatic carbocycles. The van der Waals surface area contributed by atoms with Crippen molar-refractivity contribution >= 4 is 5.91 Å². The summed E-state index contributed by atoms with van der Waals surface area (Å²) in [5.41, 5.74) is 0. The van der Waals surface area contributed by atoms with Crippen LogP contribution in [0.3, 0.4) is 0 Å². The topological polar surface area (TPSA) is 23.6 Å². The van der Waals surface area contributed by atoms with E-state index in [-0.39, 0.29) is 12.1 Å². The predicted octanol–water partition coefficient (Wildman–Crippen LogP) is 1.41. The summed E-state index contributed by atoms with van der Waals surface area (Å²) in [4.78, 5) is 15.3. The number of carbonyl (C=O) groups excluding carboxylic acids is 1. The second-order valence-electron chi connectivity index (χ2n) is 4.01. The van der Waals surface area contributed by atoms with Crippen molar-refractivity contribution in [3.63, 3.8) is 0 Å². The lowest BCUT2D eigenvalue weighted by Gasteiger charge is -2.44. The van der Waals surface area contributed by atoms with Crippen LogP contribution in [0, 0.1) is 0 Å². The Morgan fingerprint density at radius 2 is 2.00 bits per heavy atom. The number of halogens is 1. The van der Waals surface area contributed by atoms with E-state index in [1.165, 1.54) is 0 Å². The van der Waals surface area contributed by atoms with E-state index in [0.717, 1.165) is 13.1 Å². The molecule has 0 spiro atoms. The van der Waals surface area contributed by atoms with Crippen LogP contribution < -0.4 is 0 Å². The molecule has 1 heterocycles. The highest BCUT2D eigenvalue weighted by Crippen LogP contribution is 2.18. The number of likely N-dealkylation sites (N-methyl/N-ethyl adjacent to an activating group) is 1. The second-order valence-corrected chi connectivity index (χ2v) is 4.01. The summed E-state index contributed by atoms with van der Waals surface area (Å²) in [6, 6.07) is 0.311. The molecule has 0 aromatic rings. The minimum atomic E-state index is -0.862. The van der Waals surface area contributed by atoms with E-state index in [9.17, 15) is 9.18 Å². The molecule has 0 aromatic carbocycles. The Bertz CT molecular complexity index is 267. The van der Waals surface area contributed by atoms with Crippen LogP contribution in [-0.4, -0.2) is 47.4 Å². The van der Waals surface area contributed by atoms with Crippen LogP contribution in [0.15, 0.2) is 12.4 Å². The number of piperazine rings is 1. The molecular weight excluding hydrogens is 195 g/mol. The monoisotopic (exact) mass is 214 g/mol. The van der Waals surface area contributed by atoms with Gasteiger partial charge in [0.25, 0.3) is 5.91 Å². The van der Waals surface area contributed by atoms with Gasteiger partial charge in [-0.2, -0.15) is 0 Å². The number of amides is 1. The van der Waals surface area contributed by atoms with Gasteiger partial charge in [0.1, 0.15) is 0 Å². The summed E-state index contributed by atoms with van der Waals surface area (Å²) < 4.78 is 12.8. The molecule has 0 aromatic heterocycles. The van der Waals surface area contributed by atoms with Crippen molar-refractivity contribution < 1.29 is 9.18 Å². The van der Waals surface area contributed by atoms with Gasteiger partial charge in [-0.05, 0) is 20.4 Å². The molecule has 1 aliphatic rings. The Kier molecular flexibility index (Phi) is 3.85. The van der Waals surface area contributed by atoms with Crippen molar-refractivity contribution in [3.05, 3.63) is 12.4 Å². The highest BCUT2D eigenvalue weighted by Gasteiger charge is 2.33. The minimum Gasteiger partial charge on any atom is -0.331 e. The van der Waals surface area contributed by atoms with Crippen molar-refractivity contribution in [2.75, 3.05) is 19.6 Å². The van der Waals surface area contributed by atoms with Gasteiger partial charge in [0.15, 0.2) is 5.83 Å². The molecule has 1 amide bonds. The van der Waals surface area contributed by atoms with Crippen LogP contribution in [-0.2, 0) is 4.79 Å². The quantitative estimate of drug-likeness (QED) is 0.649. The SMILES string of the molecule is C=C(F)C(=O)N1CCN(CC)C(C)C1C. The van der Waals surface area contributed by atoms with Crippen LogP contribution in [0.5, 0.6) is 0 Å². The summed E-state index contributed by atoms with van der Waals surface area (Å²) in [6.45, 7) is 11.5. The molecule has 0 N–H and O–H groups in total. The molecule has 1 rings (SSSR count). The molecule has 0 radical (unpaired) electrons. The number of hydrogen-bond acceptors (Lipinski definition) is 2. The summed E-state index contributed by atoms with van der Waals surface area (Å²) in [5.74, 6) is -1.43. The lowest BCUT2D eigenvalue weighted by molar-refractivity contribution is -0.134. The highest BCUT2D eigenvalue weighted by atomic mass is 19.1. The molecule has 86 valence electrons. The third-order valence-corrected chi connectivity index (χ3v) is 3.29. The number of hydrogen-bond donors (Lipinski definition) is 0. The van der Waals surface area contributed by atoms with E-state index in [0.29, 0.717) is 6.54 Å². The van der Waals surface area contributed by atoms with Gasteiger partial charge in [0.2, 0.25) is 0 Å². The summed E-state index contributed by atoms with van der Waals surface area (Å²) in [5, 5.41) is 0. The van der Waals surface area contributed by atoms with Crippen molar-refractivity contribution in [3.8, 4) is 0 Å². The lowest BCUT2D eigenvalue weighted by atomic mass is 10.0. The van der Waals surface area contributed by atoms with E-state index < -0.39 is 11.7 Å². The van der Waals surface area contributed by atoms with Crippen LogP contribution in [0.4, 0.5) is 4.39 Å². The molecule has 3 nitrogen and oxygen atoms in total. The molecule has 0 bridgehead atoms. The van der Waals surface area contributed by atoms with E-state index in [4.69, 9.17) is 0 Å². The average Bonchev–Trinajstić information content (AvgIpc) is 2.21. The lowest BCUT2D eigenvalue weighted by Crippen LogP contribution is -2.58. The predicted molar refractivity (Wildman–Crippen MR) is 58.1 cm³/mol. The van der Waals surface area contributed by atoms with Crippen LogP contribution in [0.25, 0.3) is 0 Å². The minimum absolute atomic E-state index is 0.0405. The fourth-order valence-corrected chi connectivity index (χ4v) is 2.10. The smallest absolute Gasteiger partial charge is 0.282 e. The summed E-state index contributed by atoms with van der Waals surface area (Å²) in [6.07, 6.45) is 0. The number of rotatable bonds is 2. The van der Waals surface area contributed by atoms with Crippen LogP contribution in [0.2, 0.25) is 0 Å². The van der Waals surface area contributed by atoms with E-state index in [2.05, 4.69) is 25.3 Å². The van der Waals surface area contributed by atoms with Gasteiger partial charge in [-0.25, -0.2) is 4.39 Å². The normalized spacial score (nSPS) is 27.9. The molecular formula is C11H19FN2O. The van der Waals surface area contributed by atoms with Crippen LogP contribution >= 0.6 is 0 Å². The number of nitrogens with zero attached hydrogens (tertiary/aromatic N) is 2. The van der Waals surface area contributed by atoms with Gasteiger partial charge in [-0.1, -0.05) is 13.5 Å². The van der Waals surface area contributed by atoms with Gasteiger partial charge < -0.3 is 4.90 Å². The Balaban J connectivity index is 2.72. The molecule has 4 heteroatoms. The van der Waals surface area contributed by atoms with Gasteiger partial charge in [0, 0.05) is 25.2 Å². The number of carbonyl (C=O) groups is 1. The summed E-state index contributed by atoms with van der Waals surface area (Å²) in [7, 11) is 0. The Labute approximate surface area is 90.5 Å².